The van der Waals surface area contributed by atoms with Gasteiger partial charge in [0.2, 0.25) is 0 Å². The number of carbonyl (C=O) groups is 1. The number of aliphatic carboxylic acids is 1. The molecule has 0 atom stereocenters. The van der Waals surface area contributed by atoms with Crippen LogP contribution in [0.25, 0.3) is 0 Å². The highest BCUT2D eigenvalue weighted by Crippen LogP contribution is 2.28. The summed E-state index contributed by atoms with van der Waals surface area (Å²) in [6.07, 6.45) is 4.82. The van der Waals surface area contributed by atoms with Gasteiger partial charge in [-0.2, -0.15) is 0 Å². The monoisotopic (exact) mass is 293 g/mol. The smallest absolute Gasteiger partial charge is 0.305 e. The number of nitrogens with zero attached hydrogens (tertiary/aromatic N) is 1. The van der Waals surface area contributed by atoms with Crippen molar-refractivity contribution in [1.29, 1.82) is 0 Å². The van der Waals surface area contributed by atoms with E-state index >= 15 is 0 Å². The Hall–Kier alpha value is -1.71. The highest BCUT2D eigenvalue weighted by atomic mass is 16.5. The molecular formula is C17H27NO3. The number of unbranched alkanes of at least 4 members (excludes halogenated alkanes) is 3. The molecule has 0 amide bonds. The molecule has 0 heterocycles. The summed E-state index contributed by atoms with van der Waals surface area (Å²) in [6, 6.07) is 7.87. The fraction of sp³-hybridized carbons (Fsp3) is 0.588. The maximum Gasteiger partial charge on any atom is 0.305 e. The van der Waals surface area contributed by atoms with Crippen molar-refractivity contribution in [2.75, 3.05) is 24.6 Å². The first-order chi connectivity index (χ1) is 10.2. The SMILES string of the molecule is CCCCCCN(CCC(=O)O)c1ccccc1OCC. The van der Waals surface area contributed by atoms with Gasteiger partial charge >= 0.3 is 5.97 Å². The molecule has 0 aliphatic rings. The predicted molar refractivity (Wildman–Crippen MR) is 86.2 cm³/mol. The largest absolute Gasteiger partial charge is 0.492 e. The topological polar surface area (TPSA) is 49.8 Å². The molecule has 1 aromatic rings. The lowest BCUT2D eigenvalue weighted by Crippen LogP contribution is -2.27. The summed E-state index contributed by atoms with van der Waals surface area (Å²) < 4.78 is 5.66. The van der Waals surface area contributed by atoms with Gasteiger partial charge in [0.1, 0.15) is 5.75 Å². The molecule has 4 nitrogen and oxygen atoms in total. The number of anilines is 1. The predicted octanol–water partition coefficient (Wildman–Crippen LogP) is 3.95. The van der Waals surface area contributed by atoms with E-state index in [4.69, 9.17) is 9.84 Å². The number of hydrogen-bond acceptors (Lipinski definition) is 3. The minimum Gasteiger partial charge on any atom is -0.492 e. The van der Waals surface area contributed by atoms with Crippen LogP contribution in [0, 0.1) is 0 Å². The van der Waals surface area contributed by atoms with Crippen LogP contribution in [-0.4, -0.2) is 30.8 Å². The average Bonchev–Trinajstić information content (AvgIpc) is 2.47. The third-order valence-corrected chi connectivity index (χ3v) is 3.38. The van der Waals surface area contributed by atoms with Crippen molar-refractivity contribution in [3.8, 4) is 5.75 Å². The summed E-state index contributed by atoms with van der Waals surface area (Å²) in [4.78, 5) is 13.0. The maximum atomic E-state index is 10.9. The van der Waals surface area contributed by atoms with Crippen LogP contribution in [0.5, 0.6) is 5.75 Å². The Kier molecular flexibility index (Phi) is 8.32. The van der Waals surface area contributed by atoms with E-state index in [9.17, 15) is 4.79 Å². The lowest BCUT2D eigenvalue weighted by molar-refractivity contribution is -0.136. The van der Waals surface area contributed by atoms with Crippen molar-refractivity contribution in [3.63, 3.8) is 0 Å². The van der Waals surface area contributed by atoms with Crippen LogP contribution in [0.4, 0.5) is 5.69 Å². The molecular weight excluding hydrogens is 266 g/mol. The molecule has 0 spiro atoms. The highest BCUT2D eigenvalue weighted by molar-refractivity contribution is 5.68. The summed E-state index contributed by atoms with van der Waals surface area (Å²) in [5, 5.41) is 8.93. The van der Waals surface area contributed by atoms with Gasteiger partial charge in [-0.25, -0.2) is 0 Å². The maximum absolute atomic E-state index is 10.9. The van der Waals surface area contributed by atoms with E-state index in [1.54, 1.807) is 0 Å². The Balaban J connectivity index is 2.75. The molecule has 21 heavy (non-hydrogen) atoms. The van der Waals surface area contributed by atoms with Crippen LogP contribution >= 0.6 is 0 Å². The molecule has 0 bridgehead atoms. The van der Waals surface area contributed by atoms with Crippen LogP contribution < -0.4 is 9.64 Å². The Morgan fingerprint density at radius 3 is 2.57 bits per heavy atom. The van der Waals surface area contributed by atoms with E-state index in [0.717, 1.165) is 24.4 Å². The second-order valence-electron chi connectivity index (χ2n) is 5.09. The number of hydrogen-bond donors (Lipinski definition) is 1. The lowest BCUT2D eigenvalue weighted by Gasteiger charge is -2.26. The minimum atomic E-state index is -0.762. The van der Waals surface area contributed by atoms with Crippen LogP contribution in [0.2, 0.25) is 0 Å². The van der Waals surface area contributed by atoms with Gasteiger partial charge in [-0.15, -0.1) is 0 Å². The molecule has 4 heteroatoms. The molecule has 1 rings (SSSR count). The number of carboxylic acids is 1. The summed E-state index contributed by atoms with van der Waals surface area (Å²) >= 11 is 0. The van der Waals surface area contributed by atoms with Gasteiger partial charge in [0.05, 0.1) is 18.7 Å². The van der Waals surface area contributed by atoms with Crippen LogP contribution in [-0.2, 0) is 4.79 Å². The van der Waals surface area contributed by atoms with Crippen molar-refractivity contribution < 1.29 is 14.6 Å². The standard InChI is InChI=1S/C17H27NO3/c1-3-5-6-9-13-18(14-12-17(19)20)15-10-7-8-11-16(15)21-4-2/h7-8,10-11H,3-6,9,12-14H2,1-2H3,(H,19,20). The van der Waals surface area contributed by atoms with Crippen molar-refractivity contribution in [2.45, 2.75) is 46.0 Å². The fourth-order valence-corrected chi connectivity index (χ4v) is 2.31. The van der Waals surface area contributed by atoms with E-state index in [-0.39, 0.29) is 6.42 Å². The molecule has 0 radical (unpaired) electrons. The van der Waals surface area contributed by atoms with Gasteiger partial charge in [-0.1, -0.05) is 38.3 Å². The third-order valence-electron chi connectivity index (χ3n) is 3.38. The average molecular weight is 293 g/mol. The Bertz CT molecular complexity index is 420. The van der Waals surface area contributed by atoms with Crippen molar-refractivity contribution in [3.05, 3.63) is 24.3 Å². The van der Waals surface area contributed by atoms with Crippen molar-refractivity contribution in [1.82, 2.24) is 0 Å². The number of carboxylic acid groups (broad SMARTS) is 1. The Labute approximate surface area is 127 Å². The van der Waals surface area contributed by atoms with Gasteiger partial charge in [0.25, 0.3) is 0 Å². The van der Waals surface area contributed by atoms with Crippen molar-refractivity contribution in [2.24, 2.45) is 0 Å². The van der Waals surface area contributed by atoms with Crippen molar-refractivity contribution >= 4 is 11.7 Å². The number of rotatable bonds is 11. The fourth-order valence-electron chi connectivity index (χ4n) is 2.31. The summed E-state index contributed by atoms with van der Waals surface area (Å²) in [5.74, 6) is 0.0725. The normalized spacial score (nSPS) is 10.4. The molecule has 0 saturated carbocycles. The summed E-state index contributed by atoms with van der Waals surface area (Å²) in [5.41, 5.74) is 0.997. The summed E-state index contributed by atoms with van der Waals surface area (Å²) in [6.45, 7) is 6.15. The minimum absolute atomic E-state index is 0.147. The molecule has 0 saturated heterocycles. The van der Waals surface area contributed by atoms with E-state index in [1.165, 1.54) is 19.3 Å². The van der Waals surface area contributed by atoms with Gasteiger partial charge in [-0.3, -0.25) is 4.79 Å². The molecule has 0 aliphatic heterocycles. The first kappa shape index (κ1) is 17.3. The quantitative estimate of drug-likeness (QED) is 0.628. The van der Waals surface area contributed by atoms with Crippen LogP contribution in [0.15, 0.2) is 24.3 Å². The second-order valence-corrected chi connectivity index (χ2v) is 5.09. The van der Waals surface area contributed by atoms with Gasteiger partial charge in [0, 0.05) is 13.1 Å². The first-order valence-corrected chi connectivity index (χ1v) is 7.87. The molecule has 118 valence electrons. The number of para-hydroxylation sites is 2. The molecule has 0 fully saturated rings. The van der Waals surface area contributed by atoms with E-state index < -0.39 is 5.97 Å². The highest BCUT2D eigenvalue weighted by Gasteiger charge is 2.13. The van der Waals surface area contributed by atoms with E-state index in [2.05, 4.69) is 11.8 Å². The number of benzene rings is 1. The van der Waals surface area contributed by atoms with Gasteiger partial charge in [-0.05, 0) is 25.5 Å². The zero-order valence-corrected chi connectivity index (χ0v) is 13.2. The Morgan fingerprint density at radius 1 is 1.14 bits per heavy atom. The number of ether oxygens (including phenoxy) is 1. The van der Waals surface area contributed by atoms with Gasteiger partial charge in [0.15, 0.2) is 0 Å². The van der Waals surface area contributed by atoms with Crippen LogP contribution in [0.3, 0.4) is 0 Å². The second kappa shape index (κ2) is 10.1. The van der Waals surface area contributed by atoms with E-state index in [0.29, 0.717) is 13.2 Å². The zero-order valence-electron chi connectivity index (χ0n) is 13.2. The molecule has 1 N–H and O–H groups in total. The molecule has 0 unspecified atom stereocenters. The molecule has 0 aliphatic carbocycles. The first-order valence-electron chi connectivity index (χ1n) is 7.87. The van der Waals surface area contributed by atoms with Crippen LogP contribution in [0.1, 0.15) is 46.0 Å². The molecule has 1 aromatic carbocycles. The Morgan fingerprint density at radius 2 is 1.90 bits per heavy atom. The third kappa shape index (κ3) is 6.52. The summed E-state index contributed by atoms with van der Waals surface area (Å²) in [7, 11) is 0. The molecule has 0 aromatic heterocycles. The van der Waals surface area contributed by atoms with Gasteiger partial charge < -0.3 is 14.7 Å². The van der Waals surface area contributed by atoms with E-state index in [1.807, 2.05) is 31.2 Å². The zero-order chi connectivity index (χ0) is 15.5. The lowest BCUT2D eigenvalue weighted by atomic mass is 10.1.